The summed E-state index contributed by atoms with van der Waals surface area (Å²) in [5.74, 6) is 0.852. The normalized spacial score (nSPS) is 20.7. The van der Waals surface area contributed by atoms with Crippen molar-refractivity contribution in [2.75, 3.05) is 40.0 Å². The van der Waals surface area contributed by atoms with E-state index in [0.29, 0.717) is 6.61 Å². The van der Waals surface area contributed by atoms with Gasteiger partial charge in [-0.2, -0.15) is 0 Å². The van der Waals surface area contributed by atoms with Crippen molar-refractivity contribution in [2.45, 2.75) is 40.0 Å². The molecule has 5 heteroatoms. The largest absolute Gasteiger partial charge is 0.497 e. The number of morpholine rings is 1. The standard InChI is InChI=1S/C24H35N2O3/c1-6-12-29-26(25-10-13-28-14-11-25)22-15-21(17-24(3,4)18-22)19(2)20-8-7-9-23(16-20)27-5/h7-9,15-16H,2,6,10-14,17-18H2,1,3-5H3/q+1. The quantitative estimate of drug-likeness (QED) is 0.499. The van der Waals surface area contributed by atoms with Crippen molar-refractivity contribution >= 4 is 11.3 Å². The first-order valence-corrected chi connectivity index (χ1v) is 10.6. The van der Waals surface area contributed by atoms with Crippen LogP contribution in [0, 0.1) is 5.41 Å². The van der Waals surface area contributed by atoms with Gasteiger partial charge in [-0.05, 0) is 47.1 Å². The van der Waals surface area contributed by atoms with Gasteiger partial charge in [0.1, 0.15) is 18.8 Å². The lowest BCUT2D eigenvalue weighted by Crippen LogP contribution is -2.47. The molecular formula is C24H35N2O3+. The molecule has 1 fully saturated rings. The van der Waals surface area contributed by atoms with Gasteiger partial charge in [0.05, 0.1) is 25.2 Å². The second-order valence-corrected chi connectivity index (χ2v) is 8.56. The van der Waals surface area contributed by atoms with Crippen LogP contribution in [0.2, 0.25) is 0 Å². The van der Waals surface area contributed by atoms with Crippen LogP contribution in [0.1, 0.15) is 45.6 Å². The van der Waals surface area contributed by atoms with Crippen molar-refractivity contribution in [3.8, 4) is 5.75 Å². The Kier molecular flexibility index (Phi) is 7.01. The predicted molar refractivity (Wildman–Crippen MR) is 117 cm³/mol. The molecule has 0 saturated carbocycles. The molecule has 2 aliphatic rings. The third-order valence-corrected chi connectivity index (χ3v) is 5.38. The highest BCUT2D eigenvalue weighted by molar-refractivity contribution is 5.97. The van der Waals surface area contributed by atoms with E-state index in [1.807, 2.05) is 17.0 Å². The van der Waals surface area contributed by atoms with Crippen LogP contribution < -0.4 is 4.74 Å². The number of nitrogens with zero attached hydrogens (tertiary/aromatic N) is 2. The topological polar surface area (TPSA) is 33.9 Å². The van der Waals surface area contributed by atoms with Gasteiger partial charge < -0.3 is 9.47 Å². The molecule has 29 heavy (non-hydrogen) atoms. The minimum atomic E-state index is 0.126. The molecule has 1 aliphatic heterocycles. The average molecular weight is 400 g/mol. The van der Waals surface area contributed by atoms with Crippen molar-refractivity contribution in [3.05, 3.63) is 48.1 Å². The smallest absolute Gasteiger partial charge is 0.264 e. The Bertz CT molecular complexity index is 789. The van der Waals surface area contributed by atoms with E-state index < -0.39 is 0 Å². The number of methoxy groups -OCH3 is 1. The number of rotatable bonds is 7. The van der Waals surface area contributed by atoms with E-state index in [1.165, 1.54) is 11.3 Å². The summed E-state index contributed by atoms with van der Waals surface area (Å²) in [6.45, 7) is 15.0. The molecule has 158 valence electrons. The summed E-state index contributed by atoms with van der Waals surface area (Å²) in [5, 5.41) is 2.26. The summed E-state index contributed by atoms with van der Waals surface area (Å²) in [6, 6.07) is 8.13. The van der Waals surface area contributed by atoms with E-state index >= 15 is 0 Å². The molecule has 1 saturated heterocycles. The Balaban J connectivity index is 1.99. The van der Waals surface area contributed by atoms with Crippen molar-refractivity contribution in [1.29, 1.82) is 0 Å². The number of benzene rings is 1. The van der Waals surface area contributed by atoms with Gasteiger partial charge in [-0.25, -0.2) is 4.84 Å². The number of hydrazine groups is 1. The minimum Gasteiger partial charge on any atom is -0.497 e. The molecule has 0 aromatic heterocycles. The van der Waals surface area contributed by atoms with Crippen LogP contribution in [0.15, 0.2) is 42.5 Å². The number of hydrazone groups is 1. The SMILES string of the molecule is C=C(C1=CC(=[N+](OCCC)N2CCOCC2)CC(C)(C)C1)c1cccc(OC)c1. The van der Waals surface area contributed by atoms with Crippen LogP contribution in [0.5, 0.6) is 5.75 Å². The third-order valence-electron chi connectivity index (χ3n) is 5.38. The minimum absolute atomic E-state index is 0.126. The first-order chi connectivity index (χ1) is 13.9. The van der Waals surface area contributed by atoms with Crippen molar-refractivity contribution in [2.24, 2.45) is 5.41 Å². The number of hydrogen-bond acceptors (Lipinski definition) is 4. The Morgan fingerprint density at radius 2 is 2.00 bits per heavy atom. The Morgan fingerprint density at radius 1 is 1.24 bits per heavy atom. The van der Waals surface area contributed by atoms with Crippen LogP contribution in [-0.2, 0) is 9.57 Å². The summed E-state index contributed by atoms with van der Waals surface area (Å²) in [7, 11) is 1.70. The molecule has 1 heterocycles. The Hall–Kier alpha value is -2.27. The van der Waals surface area contributed by atoms with Crippen LogP contribution in [0.3, 0.4) is 0 Å². The lowest BCUT2D eigenvalue weighted by Gasteiger charge is -2.31. The monoisotopic (exact) mass is 399 g/mol. The van der Waals surface area contributed by atoms with E-state index in [9.17, 15) is 0 Å². The fraction of sp³-hybridized carbons (Fsp3) is 0.542. The van der Waals surface area contributed by atoms with Gasteiger partial charge in [-0.15, -0.1) is 5.01 Å². The maximum Gasteiger partial charge on any atom is 0.264 e. The van der Waals surface area contributed by atoms with Crippen molar-refractivity contribution in [1.82, 2.24) is 5.01 Å². The van der Waals surface area contributed by atoms with Crippen LogP contribution in [0.4, 0.5) is 0 Å². The van der Waals surface area contributed by atoms with Crippen LogP contribution in [-0.4, -0.2) is 55.6 Å². The van der Waals surface area contributed by atoms with Gasteiger partial charge in [0.25, 0.3) is 5.71 Å². The Labute approximate surface area is 175 Å². The molecule has 1 aliphatic carbocycles. The first kappa shape index (κ1) is 21.4. The lowest BCUT2D eigenvalue weighted by molar-refractivity contribution is -0.897. The predicted octanol–water partition coefficient (Wildman–Crippen LogP) is 4.50. The second kappa shape index (κ2) is 9.49. The fourth-order valence-corrected chi connectivity index (χ4v) is 3.94. The molecule has 5 nitrogen and oxygen atoms in total. The molecule has 0 radical (unpaired) electrons. The van der Waals surface area contributed by atoms with Gasteiger partial charge in [-0.1, -0.05) is 39.5 Å². The van der Waals surface area contributed by atoms with Crippen LogP contribution >= 0.6 is 0 Å². The highest BCUT2D eigenvalue weighted by atomic mass is 16.7. The van der Waals surface area contributed by atoms with Crippen LogP contribution in [0.25, 0.3) is 5.57 Å². The Morgan fingerprint density at radius 3 is 2.69 bits per heavy atom. The maximum absolute atomic E-state index is 6.21. The number of ether oxygens (including phenoxy) is 2. The van der Waals surface area contributed by atoms with Gasteiger partial charge >= 0.3 is 0 Å². The first-order valence-electron chi connectivity index (χ1n) is 10.6. The fourth-order valence-electron chi connectivity index (χ4n) is 3.94. The third kappa shape index (κ3) is 5.41. The molecule has 0 spiro atoms. The highest BCUT2D eigenvalue weighted by Crippen LogP contribution is 2.39. The zero-order chi connectivity index (χ0) is 20.9. The van der Waals surface area contributed by atoms with E-state index in [-0.39, 0.29) is 5.41 Å². The van der Waals surface area contributed by atoms with E-state index in [4.69, 9.17) is 14.3 Å². The van der Waals surface area contributed by atoms with Gasteiger partial charge in [-0.3, -0.25) is 0 Å². The maximum atomic E-state index is 6.21. The zero-order valence-electron chi connectivity index (χ0n) is 18.4. The summed E-state index contributed by atoms with van der Waals surface area (Å²) >= 11 is 0. The number of allylic oxidation sites excluding steroid dienone is 3. The van der Waals surface area contributed by atoms with Gasteiger partial charge in [0.2, 0.25) is 0 Å². The summed E-state index contributed by atoms with van der Waals surface area (Å²) in [6.07, 6.45) is 5.20. The van der Waals surface area contributed by atoms with Gasteiger partial charge in [0, 0.05) is 12.5 Å². The summed E-state index contributed by atoms with van der Waals surface area (Å²) in [5.41, 5.74) is 4.71. The molecule has 0 amide bonds. The van der Waals surface area contributed by atoms with Crippen molar-refractivity contribution < 1.29 is 19.2 Å². The summed E-state index contributed by atoms with van der Waals surface area (Å²) in [4.78, 5) is 8.24. The number of hydrogen-bond donors (Lipinski definition) is 0. The molecular weight excluding hydrogens is 364 g/mol. The lowest BCUT2D eigenvalue weighted by atomic mass is 9.74. The van der Waals surface area contributed by atoms with E-state index in [0.717, 1.165) is 62.5 Å². The summed E-state index contributed by atoms with van der Waals surface area (Å²) < 4.78 is 11.0. The average Bonchev–Trinajstić information content (AvgIpc) is 2.73. The molecule has 1 aromatic rings. The molecule has 0 atom stereocenters. The van der Waals surface area contributed by atoms with Crippen molar-refractivity contribution in [3.63, 3.8) is 0 Å². The molecule has 0 bridgehead atoms. The molecule has 0 N–H and O–H groups in total. The van der Waals surface area contributed by atoms with Gasteiger partial charge in [0.15, 0.2) is 6.61 Å². The molecule has 1 aromatic carbocycles. The zero-order valence-corrected chi connectivity index (χ0v) is 18.4. The molecule has 3 rings (SSSR count). The highest BCUT2D eigenvalue weighted by Gasteiger charge is 2.36. The van der Waals surface area contributed by atoms with E-state index in [2.05, 4.69) is 50.6 Å². The van der Waals surface area contributed by atoms with E-state index in [1.54, 1.807) is 7.11 Å². The second-order valence-electron chi connectivity index (χ2n) is 8.56. The molecule has 0 unspecified atom stereocenters.